The number of amides is 1. The number of imidazole rings is 1. The van der Waals surface area contributed by atoms with Crippen molar-refractivity contribution in [1.82, 2.24) is 24.9 Å². The van der Waals surface area contributed by atoms with Crippen LogP contribution in [0.25, 0.3) is 5.65 Å². The van der Waals surface area contributed by atoms with Crippen molar-refractivity contribution in [3.05, 3.63) is 89.2 Å². The minimum atomic E-state index is -0.499. The van der Waals surface area contributed by atoms with Crippen molar-refractivity contribution in [1.29, 1.82) is 0 Å². The maximum absolute atomic E-state index is 11.3. The zero-order chi connectivity index (χ0) is 37.7. The fourth-order valence-electron chi connectivity index (χ4n) is 5.78. The maximum atomic E-state index is 11.3. The van der Waals surface area contributed by atoms with E-state index < -0.39 is 6.09 Å². The fraction of sp³-hybridized carbons (Fsp3) is 0.385. The number of benzene rings is 3. The quantitative estimate of drug-likeness (QED) is 0.0961. The van der Waals surface area contributed by atoms with Gasteiger partial charge in [-0.05, 0) is 55.3 Å². The standard InChI is InChI=1S/C39H48N6O8/c1-8-9-26(2)53-38-42-37(36-41-23-30(45(36)43-38)20-27-10-14-31(15-11-27)51-18-19-52-39(46)40-3)44(24-28-12-16-32(47-4)21-34(28)49-6)25-29-13-17-33(48-5)22-35(29)50-7/h10-17,21-23,26H,8-9,18-20,24-25H2,1-7H3,(H,40,46)/t26-/m0/s1. The van der Waals surface area contributed by atoms with E-state index >= 15 is 0 Å². The monoisotopic (exact) mass is 728 g/mol. The molecule has 2 heterocycles. The number of methoxy groups -OCH3 is 4. The van der Waals surface area contributed by atoms with Gasteiger partial charge in [0.1, 0.15) is 42.0 Å². The largest absolute Gasteiger partial charge is 0.497 e. The Morgan fingerprint density at radius 1 is 0.849 bits per heavy atom. The average Bonchev–Trinajstić information content (AvgIpc) is 3.58. The molecule has 0 radical (unpaired) electrons. The molecule has 5 aromatic rings. The number of carbonyl (C=O) groups excluding carboxylic acids is 1. The van der Waals surface area contributed by atoms with Crippen molar-refractivity contribution in [3.8, 4) is 34.8 Å². The third-order valence-electron chi connectivity index (χ3n) is 8.51. The average molecular weight is 729 g/mol. The third kappa shape index (κ3) is 9.90. The molecule has 0 aliphatic rings. The van der Waals surface area contributed by atoms with Gasteiger partial charge in [-0.2, -0.15) is 4.98 Å². The number of nitrogens with zero attached hydrogens (tertiary/aromatic N) is 5. The first kappa shape index (κ1) is 38.3. The molecule has 3 aromatic carbocycles. The molecule has 0 bridgehead atoms. The Kier molecular flexibility index (Phi) is 13.4. The highest BCUT2D eigenvalue weighted by Crippen LogP contribution is 2.33. The van der Waals surface area contributed by atoms with Crippen LogP contribution in [0.1, 0.15) is 49.1 Å². The minimum absolute atomic E-state index is 0.108. The summed E-state index contributed by atoms with van der Waals surface area (Å²) in [6.45, 7) is 5.31. The summed E-state index contributed by atoms with van der Waals surface area (Å²) in [5, 5.41) is 7.26. The molecular weight excluding hydrogens is 680 g/mol. The van der Waals surface area contributed by atoms with E-state index in [4.69, 9.17) is 48.2 Å². The number of hydrogen-bond acceptors (Lipinski definition) is 12. The molecule has 0 saturated carbocycles. The van der Waals surface area contributed by atoms with Crippen molar-refractivity contribution in [2.75, 3.05) is 53.6 Å². The number of nitrogens with one attached hydrogen (secondary N) is 1. The van der Waals surface area contributed by atoms with Gasteiger partial charge < -0.3 is 43.4 Å². The van der Waals surface area contributed by atoms with Gasteiger partial charge in [-0.15, -0.1) is 5.10 Å². The van der Waals surface area contributed by atoms with E-state index in [1.807, 2.05) is 73.8 Å². The van der Waals surface area contributed by atoms with Gasteiger partial charge in [-0.3, -0.25) is 0 Å². The van der Waals surface area contributed by atoms with Crippen molar-refractivity contribution >= 4 is 17.6 Å². The molecule has 0 fully saturated rings. The molecule has 282 valence electrons. The number of ether oxygens (including phenoxy) is 7. The predicted octanol–water partition coefficient (Wildman–Crippen LogP) is 6.26. The van der Waals surface area contributed by atoms with Crippen LogP contribution in [0.3, 0.4) is 0 Å². The summed E-state index contributed by atoms with van der Waals surface area (Å²) in [6, 6.07) is 19.5. The molecular formula is C39H48N6O8. The van der Waals surface area contributed by atoms with E-state index in [0.29, 0.717) is 59.7 Å². The van der Waals surface area contributed by atoms with Crippen LogP contribution in [0, 0.1) is 0 Å². The molecule has 2 aromatic heterocycles. The van der Waals surface area contributed by atoms with Crippen molar-refractivity contribution in [2.24, 2.45) is 0 Å². The summed E-state index contributed by atoms with van der Waals surface area (Å²) in [6.07, 6.45) is 3.53. The predicted molar refractivity (Wildman–Crippen MR) is 200 cm³/mol. The number of aromatic nitrogens is 4. The van der Waals surface area contributed by atoms with Crippen molar-refractivity contribution in [3.63, 3.8) is 0 Å². The van der Waals surface area contributed by atoms with E-state index in [1.165, 1.54) is 7.05 Å². The molecule has 0 aliphatic carbocycles. The van der Waals surface area contributed by atoms with E-state index in [-0.39, 0.29) is 25.3 Å². The Morgan fingerprint density at radius 2 is 1.47 bits per heavy atom. The second-order valence-electron chi connectivity index (χ2n) is 12.2. The summed E-state index contributed by atoms with van der Waals surface area (Å²) in [5.41, 5.74) is 4.24. The molecule has 53 heavy (non-hydrogen) atoms. The van der Waals surface area contributed by atoms with Crippen molar-refractivity contribution in [2.45, 2.75) is 52.3 Å². The third-order valence-corrected chi connectivity index (χ3v) is 8.51. The molecule has 0 saturated heterocycles. The molecule has 1 N–H and O–H groups in total. The second kappa shape index (κ2) is 18.5. The first-order chi connectivity index (χ1) is 25.8. The summed E-state index contributed by atoms with van der Waals surface area (Å²) in [5.74, 6) is 3.95. The number of hydrogen-bond donors (Lipinski definition) is 1. The fourth-order valence-corrected chi connectivity index (χ4v) is 5.78. The van der Waals surface area contributed by atoms with Crippen LogP contribution >= 0.6 is 0 Å². The smallest absolute Gasteiger partial charge is 0.406 e. The number of anilines is 1. The van der Waals surface area contributed by atoms with Gasteiger partial charge in [-0.1, -0.05) is 25.5 Å². The van der Waals surface area contributed by atoms with Crippen molar-refractivity contribution < 1.29 is 38.0 Å². The molecule has 0 spiro atoms. The highest BCUT2D eigenvalue weighted by molar-refractivity contribution is 5.67. The second-order valence-corrected chi connectivity index (χ2v) is 12.2. The zero-order valence-corrected chi connectivity index (χ0v) is 31.4. The van der Waals surface area contributed by atoms with Gasteiger partial charge in [0.2, 0.25) is 0 Å². The Bertz CT molecular complexity index is 1890. The maximum Gasteiger partial charge on any atom is 0.406 e. The van der Waals surface area contributed by atoms with E-state index in [1.54, 1.807) is 33.0 Å². The Balaban J connectivity index is 1.54. The van der Waals surface area contributed by atoms with E-state index in [2.05, 4.69) is 17.1 Å². The number of fused-ring (bicyclic) bond motifs is 1. The number of carbonyl (C=O) groups is 1. The molecule has 14 nitrogen and oxygen atoms in total. The number of alkyl carbamates (subject to hydrolysis) is 1. The van der Waals surface area contributed by atoms with E-state index in [0.717, 1.165) is 35.2 Å². The van der Waals surface area contributed by atoms with Crippen LogP contribution in [0.15, 0.2) is 66.9 Å². The van der Waals surface area contributed by atoms with Gasteiger partial charge in [0.25, 0.3) is 0 Å². The van der Waals surface area contributed by atoms with Crippen LogP contribution in [-0.4, -0.2) is 80.5 Å². The minimum Gasteiger partial charge on any atom is -0.497 e. The molecule has 0 aliphatic heterocycles. The van der Waals surface area contributed by atoms with Gasteiger partial charge in [0.05, 0.1) is 46.4 Å². The lowest BCUT2D eigenvalue weighted by Gasteiger charge is -2.26. The SMILES string of the molecule is CCC[C@H](C)Oc1nc(N(Cc2ccc(OC)cc2OC)Cc2ccc(OC)cc2OC)c2ncc(Cc3ccc(OCCOC(=O)NC)cc3)n2n1. The topological polar surface area (TPSA) is 140 Å². The molecule has 1 atom stereocenters. The summed E-state index contributed by atoms with van der Waals surface area (Å²) < 4.78 is 41.4. The lowest BCUT2D eigenvalue weighted by atomic mass is 10.1. The lowest BCUT2D eigenvalue weighted by Crippen LogP contribution is -2.26. The van der Waals surface area contributed by atoms with Gasteiger partial charge in [0, 0.05) is 49.8 Å². The van der Waals surface area contributed by atoms with Crippen LogP contribution in [0.4, 0.5) is 10.6 Å². The first-order valence-corrected chi connectivity index (χ1v) is 17.4. The summed E-state index contributed by atoms with van der Waals surface area (Å²) in [4.78, 5) is 23.3. The molecule has 1 amide bonds. The summed E-state index contributed by atoms with van der Waals surface area (Å²) in [7, 11) is 8.04. The van der Waals surface area contributed by atoms with Gasteiger partial charge >= 0.3 is 12.1 Å². The lowest BCUT2D eigenvalue weighted by molar-refractivity contribution is 0.127. The number of rotatable bonds is 19. The molecule has 0 unspecified atom stereocenters. The van der Waals surface area contributed by atoms with Crippen LogP contribution < -0.4 is 38.6 Å². The Labute approximate surface area is 309 Å². The first-order valence-electron chi connectivity index (χ1n) is 17.4. The van der Waals surface area contributed by atoms with Gasteiger partial charge in [0.15, 0.2) is 11.5 Å². The Hall–Kier alpha value is -5.92. The zero-order valence-electron chi connectivity index (χ0n) is 31.4. The highest BCUT2D eigenvalue weighted by atomic mass is 16.6. The molecule has 5 rings (SSSR count). The highest BCUT2D eigenvalue weighted by Gasteiger charge is 2.23. The van der Waals surface area contributed by atoms with Crippen LogP contribution in [-0.2, 0) is 24.2 Å². The van der Waals surface area contributed by atoms with Gasteiger partial charge in [-0.25, -0.2) is 14.3 Å². The normalized spacial score (nSPS) is 11.5. The Morgan fingerprint density at radius 3 is 2.04 bits per heavy atom. The van der Waals surface area contributed by atoms with Crippen LogP contribution in [0.2, 0.25) is 0 Å². The van der Waals surface area contributed by atoms with E-state index in [9.17, 15) is 4.79 Å². The van der Waals surface area contributed by atoms with Crippen LogP contribution in [0.5, 0.6) is 34.8 Å². The summed E-state index contributed by atoms with van der Waals surface area (Å²) >= 11 is 0. The molecule has 14 heteroatoms.